The summed E-state index contributed by atoms with van der Waals surface area (Å²) in [5.74, 6) is -0.908. The van der Waals surface area contributed by atoms with E-state index in [0.29, 0.717) is 0 Å². The van der Waals surface area contributed by atoms with Crippen LogP contribution in [0.2, 0.25) is 0 Å². The van der Waals surface area contributed by atoms with Crippen LogP contribution in [0.4, 0.5) is 0 Å². The average molecular weight is 278 g/mol. The lowest BCUT2D eigenvalue weighted by atomic mass is 10.0. The van der Waals surface area contributed by atoms with Crippen molar-refractivity contribution in [1.82, 2.24) is 9.78 Å². The number of hydrogen-bond donors (Lipinski definition) is 1. The average Bonchev–Trinajstić information content (AvgIpc) is 2.92. The Morgan fingerprint density at radius 3 is 2.10 bits per heavy atom. The van der Waals surface area contributed by atoms with Crippen molar-refractivity contribution in [1.29, 1.82) is 0 Å². The van der Waals surface area contributed by atoms with Crippen LogP contribution in [0.1, 0.15) is 0 Å². The van der Waals surface area contributed by atoms with Crippen LogP contribution < -0.4 is 0 Å². The molecule has 0 saturated carbocycles. The number of benzene rings is 2. The highest BCUT2D eigenvalue weighted by Gasteiger charge is 2.15. The Bertz CT molecular complexity index is 749. The SMILES string of the molecule is O=C(O)Cn1ncc(-c2ccccc2)c1-c1ccccc1. The first-order valence-electron chi connectivity index (χ1n) is 6.64. The summed E-state index contributed by atoms with van der Waals surface area (Å²) < 4.78 is 1.53. The Kier molecular flexibility index (Phi) is 3.51. The van der Waals surface area contributed by atoms with Gasteiger partial charge in [-0.2, -0.15) is 5.10 Å². The topological polar surface area (TPSA) is 55.1 Å². The van der Waals surface area contributed by atoms with Crippen molar-refractivity contribution >= 4 is 5.97 Å². The molecular weight excluding hydrogens is 264 g/mol. The van der Waals surface area contributed by atoms with Crippen LogP contribution in [0.3, 0.4) is 0 Å². The van der Waals surface area contributed by atoms with Crippen molar-refractivity contribution in [2.45, 2.75) is 6.54 Å². The first-order chi connectivity index (χ1) is 10.3. The molecule has 2 aromatic carbocycles. The second-order valence-corrected chi connectivity index (χ2v) is 4.69. The maximum Gasteiger partial charge on any atom is 0.325 e. The van der Waals surface area contributed by atoms with Crippen LogP contribution >= 0.6 is 0 Å². The van der Waals surface area contributed by atoms with Crippen molar-refractivity contribution in [3.05, 3.63) is 66.9 Å². The molecule has 0 spiro atoms. The van der Waals surface area contributed by atoms with Crippen LogP contribution in [-0.4, -0.2) is 20.9 Å². The molecule has 0 bridgehead atoms. The summed E-state index contributed by atoms with van der Waals surface area (Å²) in [4.78, 5) is 11.0. The molecule has 1 aromatic heterocycles. The molecule has 3 aromatic rings. The number of carboxylic acid groups (broad SMARTS) is 1. The molecule has 0 amide bonds. The van der Waals surface area contributed by atoms with Crippen LogP contribution in [0.15, 0.2) is 66.9 Å². The Morgan fingerprint density at radius 2 is 1.52 bits per heavy atom. The van der Waals surface area contributed by atoms with E-state index < -0.39 is 5.97 Å². The largest absolute Gasteiger partial charge is 0.480 e. The predicted octanol–water partition coefficient (Wildman–Crippen LogP) is 3.30. The lowest BCUT2D eigenvalue weighted by Crippen LogP contribution is -2.11. The minimum Gasteiger partial charge on any atom is -0.480 e. The Morgan fingerprint density at radius 1 is 0.952 bits per heavy atom. The minimum absolute atomic E-state index is 0.156. The van der Waals surface area contributed by atoms with Crippen molar-refractivity contribution < 1.29 is 9.90 Å². The van der Waals surface area contributed by atoms with Gasteiger partial charge in [-0.15, -0.1) is 0 Å². The van der Waals surface area contributed by atoms with Crippen molar-refractivity contribution in [2.75, 3.05) is 0 Å². The Hall–Kier alpha value is -2.88. The molecular formula is C17H14N2O2. The Balaban J connectivity index is 2.18. The third-order valence-corrected chi connectivity index (χ3v) is 3.26. The summed E-state index contributed by atoms with van der Waals surface area (Å²) in [7, 11) is 0. The van der Waals surface area contributed by atoms with Gasteiger partial charge >= 0.3 is 5.97 Å². The van der Waals surface area contributed by atoms with Crippen LogP contribution in [0, 0.1) is 0 Å². The molecule has 0 unspecified atom stereocenters. The van der Waals surface area contributed by atoms with E-state index in [4.69, 9.17) is 5.11 Å². The van der Waals surface area contributed by atoms with E-state index in [1.165, 1.54) is 4.68 Å². The second kappa shape index (κ2) is 5.63. The van der Waals surface area contributed by atoms with E-state index in [2.05, 4.69) is 5.10 Å². The number of carbonyl (C=O) groups is 1. The van der Waals surface area contributed by atoms with Gasteiger partial charge in [-0.3, -0.25) is 9.48 Å². The second-order valence-electron chi connectivity index (χ2n) is 4.69. The molecule has 0 aliphatic rings. The number of carboxylic acids is 1. The molecule has 4 heteroatoms. The first kappa shape index (κ1) is 13.1. The number of nitrogens with zero attached hydrogens (tertiary/aromatic N) is 2. The van der Waals surface area contributed by atoms with Gasteiger partial charge in [-0.25, -0.2) is 0 Å². The van der Waals surface area contributed by atoms with Crippen LogP contribution in [-0.2, 0) is 11.3 Å². The zero-order valence-corrected chi connectivity index (χ0v) is 11.3. The van der Waals surface area contributed by atoms with E-state index in [-0.39, 0.29) is 6.54 Å². The number of aliphatic carboxylic acids is 1. The third kappa shape index (κ3) is 2.69. The molecule has 0 radical (unpaired) electrons. The maximum atomic E-state index is 11.0. The molecule has 1 N–H and O–H groups in total. The van der Waals surface area contributed by atoms with Gasteiger partial charge in [-0.05, 0) is 5.56 Å². The predicted molar refractivity (Wildman–Crippen MR) is 80.7 cm³/mol. The van der Waals surface area contributed by atoms with Crippen LogP contribution in [0.25, 0.3) is 22.4 Å². The molecule has 3 rings (SSSR count). The molecule has 0 aliphatic carbocycles. The number of hydrogen-bond acceptors (Lipinski definition) is 2. The van der Waals surface area contributed by atoms with Gasteiger partial charge in [-0.1, -0.05) is 60.7 Å². The van der Waals surface area contributed by atoms with E-state index in [0.717, 1.165) is 22.4 Å². The van der Waals surface area contributed by atoms with E-state index in [1.807, 2.05) is 60.7 Å². The highest BCUT2D eigenvalue weighted by Crippen LogP contribution is 2.31. The summed E-state index contributed by atoms with van der Waals surface area (Å²) >= 11 is 0. The molecule has 0 fully saturated rings. The number of aromatic nitrogens is 2. The summed E-state index contributed by atoms with van der Waals surface area (Å²) in [5.41, 5.74) is 3.73. The van der Waals surface area contributed by atoms with Gasteiger partial charge in [0.15, 0.2) is 0 Å². The van der Waals surface area contributed by atoms with E-state index >= 15 is 0 Å². The molecule has 0 saturated heterocycles. The fourth-order valence-electron chi connectivity index (χ4n) is 2.36. The fourth-order valence-corrected chi connectivity index (χ4v) is 2.36. The van der Waals surface area contributed by atoms with Gasteiger partial charge in [0, 0.05) is 11.1 Å². The summed E-state index contributed by atoms with van der Waals surface area (Å²) in [6, 6.07) is 19.6. The quantitative estimate of drug-likeness (QED) is 0.796. The van der Waals surface area contributed by atoms with Gasteiger partial charge in [0.05, 0.1) is 11.9 Å². The molecule has 104 valence electrons. The standard InChI is InChI=1S/C17H14N2O2/c20-16(21)12-19-17(14-9-5-2-6-10-14)15(11-18-19)13-7-3-1-4-8-13/h1-11H,12H2,(H,20,21). The zero-order chi connectivity index (χ0) is 14.7. The smallest absolute Gasteiger partial charge is 0.325 e. The Labute approximate surface area is 122 Å². The summed E-state index contributed by atoms with van der Waals surface area (Å²) in [6.07, 6.45) is 1.72. The fraction of sp³-hybridized carbons (Fsp3) is 0.0588. The molecule has 4 nitrogen and oxygen atoms in total. The molecule has 1 heterocycles. The molecule has 21 heavy (non-hydrogen) atoms. The van der Waals surface area contributed by atoms with Crippen LogP contribution in [0.5, 0.6) is 0 Å². The highest BCUT2D eigenvalue weighted by molar-refractivity contribution is 5.81. The lowest BCUT2D eigenvalue weighted by Gasteiger charge is -2.08. The third-order valence-electron chi connectivity index (χ3n) is 3.26. The monoisotopic (exact) mass is 278 g/mol. The van der Waals surface area contributed by atoms with Gasteiger partial charge < -0.3 is 5.11 Å². The maximum absolute atomic E-state index is 11.0. The van der Waals surface area contributed by atoms with E-state index in [9.17, 15) is 4.79 Å². The number of rotatable bonds is 4. The van der Waals surface area contributed by atoms with Crippen molar-refractivity contribution in [3.8, 4) is 22.4 Å². The molecule has 0 aliphatic heterocycles. The summed E-state index contributed by atoms with van der Waals surface area (Å²) in [6.45, 7) is -0.156. The van der Waals surface area contributed by atoms with Crippen molar-refractivity contribution in [2.24, 2.45) is 0 Å². The normalized spacial score (nSPS) is 10.5. The lowest BCUT2D eigenvalue weighted by molar-refractivity contribution is -0.137. The minimum atomic E-state index is -0.908. The van der Waals surface area contributed by atoms with Gasteiger partial charge in [0.1, 0.15) is 6.54 Å². The van der Waals surface area contributed by atoms with Gasteiger partial charge in [0.2, 0.25) is 0 Å². The van der Waals surface area contributed by atoms with Gasteiger partial charge in [0.25, 0.3) is 0 Å². The van der Waals surface area contributed by atoms with E-state index in [1.54, 1.807) is 6.20 Å². The highest BCUT2D eigenvalue weighted by atomic mass is 16.4. The van der Waals surface area contributed by atoms with Crippen molar-refractivity contribution in [3.63, 3.8) is 0 Å². The first-order valence-corrected chi connectivity index (χ1v) is 6.64. The summed E-state index contributed by atoms with van der Waals surface area (Å²) in [5, 5.41) is 13.3. The molecule has 0 atom stereocenters. The zero-order valence-electron chi connectivity index (χ0n) is 11.3.